The summed E-state index contributed by atoms with van der Waals surface area (Å²) in [7, 11) is -4.14. The van der Waals surface area contributed by atoms with E-state index in [4.69, 9.17) is 24.4 Å². The first-order chi connectivity index (χ1) is 3.00. The summed E-state index contributed by atoms with van der Waals surface area (Å²) >= 11 is 0. The number of hydrogen-bond donors (Lipinski definition) is 2. The van der Waals surface area contributed by atoms with E-state index in [0.717, 1.165) is 7.11 Å². The molecule has 8 heteroatoms. The summed E-state index contributed by atoms with van der Waals surface area (Å²) in [6.07, 6.45) is 0. The van der Waals surface area contributed by atoms with Gasteiger partial charge in [-0.05, 0) is 0 Å². The predicted molar refractivity (Wildman–Crippen MR) is 18.0 cm³/mol. The average Bonchev–Trinajstić information content (AvgIpc) is 1.36. The van der Waals surface area contributed by atoms with Crippen LogP contribution < -0.4 is 113 Å². The van der Waals surface area contributed by atoms with E-state index < -0.39 is 7.82 Å². The van der Waals surface area contributed by atoms with Crippen molar-refractivity contribution in [3.05, 3.63) is 0 Å². The molecule has 0 fully saturated rings. The predicted octanol–water partition coefficient (Wildman–Crippen LogP) is -8.58. The average molecular weight is 206 g/mol. The van der Waals surface area contributed by atoms with Crippen LogP contribution in [0.2, 0.25) is 0 Å². The van der Waals surface area contributed by atoms with Crippen molar-refractivity contribution < 1.29 is 127 Å². The zero-order chi connectivity index (χ0) is 6.50. The van der Waals surface area contributed by atoms with Gasteiger partial charge in [-0.15, -0.1) is 0 Å². The summed E-state index contributed by atoms with van der Waals surface area (Å²) in [4.78, 5) is 22.9. The molecular weight excluding hydrogens is 201 g/mol. The van der Waals surface area contributed by atoms with Gasteiger partial charge < -0.3 is 19.8 Å². The van der Waals surface area contributed by atoms with Crippen molar-refractivity contribution in [2.45, 2.75) is 0 Å². The molecule has 0 saturated carbocycles. The van der Waals surface area contributed by atoms with E-state index in [1.165, 1.54) is 0 Å². The van der Waals surface area contributed by atoms with Gasteiger partial charge in [-0.3, -0.25) is 4.57 Å². The summed E-state index contributed by atoms with van der Waals surface area (Å²) in [6.45, 7) is 0. The Bertz CT molecular complexity index is 61.1. The van der Waals surface area contributed by atoms with Crippen LogP contribution in [0.3, 0.4) is 0 Å². The van der Waals surface area contributed by atoms with Crippen LogP contribution in [0.4, 0.5) is 0 Å². The second-order valence-electron chi connectivity index (χ2n) is 0.491. The van der Waals surface area contributed by atoms with Crippen molar-refractivity contribution in [1.82, 2.24) is 0 Å². The van der Waals surface area contributed by atoms with Crippen molar-refractivity contribution in [3.63, 3.8) is 0 Å². The van der Waals surface area contributed by atoms with Crippen molar-refractivity contribution in [1.29, 1.82) is 0 Å². The number of hydrogen-bond acceptors (Lipinski definition) is 3. The van der Waals surface area contributed by atoms with Gasteiger partial charge in [0, 0.05) is 0 Å². The Hall–Kier alpha value is 3.34. The van der Waals surface area contributed by atoms with Crippen LogP contribution in [-0.4, -0.2) is 16.9 Å². The summed E-state index contributed by atoms with van der Waals surface area (Å²) in [5, 5.41) is 8.25. The zero-order valence-corrected chi connectivity index (χ0v) is 12.7. The second-order valence-corrected chi connectivity index (χ2v) is 1.47. The minimum absolute atomic E-state index is 0. The van der Waals surface area contributed by atoms with Gasteiger partial charge in [-0.1, -0.05) is 0 Å². The molecule has 0 rings (SSSR count). The first-order valence-electron chi connectivity index (χ1n) is 1.17. The van der Waals surface area contributed by atoms with Gasteiger partial charge in [0.1, 0.15) is 0 Å². The van der Waals surface area contributed by atoms with Gasteiger partial charge >= 0.3 is 103 Å². The molecule has 2 N–H and O–H groups in total. The van der Waals surface area contributed by atoms with Crippen molar-refractivity contribution >= 4 is 7.82 Å². The van der Waals surface area contributed by atoms with E-state index in [2.05, 4.69) is 0 Å². The Morgan fingerprint density at radius 2 is 1.22 bits per heavy atom. The number of phosphoric acid groups is 1. The molecule has 0 aromatic carbocycles. The van der Waals surface area contributed by atoms with Crippen molar-refractivity contribution in [3.8, 4) is 0 Å². The fraction of sp³-hybridized carbons (Fsp3) is 1.00. The summed E-state index contributed by atoms with van der Waals surface area (Å²) < 4.78 is 8.77. The minimum Gasteiger partial charge on any atom is -0.857 e. The molecule has 0 aliphatic heterocycles. The molecule has 0 spiro atoms. The van der Waals surface area contributed by atoms with Crippen molar-refractivity contribution in [2.24, 2.45) is 0 Å². The van der Waals surface area contributed by atoms with Crippen LogP contribution in [0.1, 0.15) is 0 Å². The maximum absolute atomic E-state index is 8.77. The molecule has 0 aromatic rings. The van der Waals surface area contributed by atoms with Crippen molar-refractivity contribution in [2.75, 3.05) is 7.11 Å². The molecule has 0 aliphatic carbocycles. The molecule has 46 valence electrons. The third-order valence-corrected chi connectivity index (χ3v) is 0. The first kappa shape index (κ1) is 22.8. The number of rotatable bonds is 0. The molecule has 5 nitrogen and oxygen atoms in total. The maximum Gasteiger partial charge on any atom is 1.00 e. The maximum atomic E-state index is 8.77. The quantitative estimate of drug-likeness (QED) is 0.302. The minimum atomic E-state index is -4.89. The van der Waals surface area contributed by atoms with E-state index in [9.17, 15) is 0 Å². The third-order valence-electron chi connectivity index (χ3n) is 0. The second kappa shape index (κ2) is 13.9. The van der Waals surface area contributed by atoms with Gasteiger partial charge in [0.25, 0.3) is 7.82 Å². The van der Waals surface area contributed by atoms with Crippen LogP contribution in [0.5, 0.6) is 0 Å². The Morgan fingerprint density at radius 1 is 1.22 bits per heavy atom. The first-order valence-corrected chi connectivity index (χ1v) is 2.70. The molecule has 0 amide bonds. The SMILES string of the molecule is C[O-].O=P([O-])(O)O.[K+].[K+]. The molecule has 0 unspecified atom stereocenters. The van der Waals surface area contributed by atoms with Crippen LogP contribution in [0.25, 0.3) is 0 Å². The molecule has 0 heterocycles. The topological polar surface area (TPSA) is 104 Å². The Labute approximate surface area is 138 Å². The normalized spacial score (nSPS) is 7.22. The van der Waals surface area contributed by atoms with E-state index in [0.29, 0.717) is 0 Å². The molecule has 0 aromatic heterocycles. The van der Waals surface area contributed by atoms with Gasteiger partial charge in [0.15, 0.2) is 0 Å². The molecule has 0 aliphatic rings. The molecule has 0 saturated heterocycles. The Morgan fingerprint density at radius 3 is 1.22 bits per heavy atom. The van der Waals surface area contributed by atoms with Crippen LogP contribution in [0.15, 0.2) is 0 Å². The molecular formula is CH5K2O5P. The summed E-state index contributed by atoms with van der Waals surface area (Å²) in [6, 6.07) is 0. The fourth-order valence-corrected chi connectivity index (χ4v) is 0. The standard InChI is InChI=1S/CH3O.2K.H3O4P/c1-2;;;1-5(2,3)4/h1H3;;;(H3,1,2,3,4)/q-1;2*+1;/p-1. The molecule has 9 heavy (non-hydrogen) atoms. The van der Waals surface area contributed by atoms with Gasteiger partial charge in [-0.25, -0.2) is 0 Å². The monoisotopic (exact) mass is 206 g/mol. The van der Waals surface area contributed by atoms with Gasteiger partial charge in [0.2, 0.25) is 0 Å². The van der Waals surface area contributed by atoms with Crippen LogP contribution >= 0.6 is 7.82 Å². The third kappa shape index (κ3) is 88.6. The summed E-state index contributed by atoms with van der Waals surface area (Å²) in [5.41, 5.74) is 0. The molecule has 0 radical (unpaired) electrons. The van der Waals surface area contributed by atoms with E-state index in [-0.39, 0.29) is 103 Å². The van der Waals surface area contributed by atoms with Crippen LogP contribution in [-0.2, 0) is 4.57 Å². The van der Waals surface area contributed by atoms with Gasteiger partial charge in [0.05, 0.1) is 0 Å². The summed E-state index contributed by atoms with van der Waals surface area (Å²) in [5.74, 6) is 0. The largest absolute Gasteiger partial charge is 1.00 e. The molecule has 0 atom stereocenters. The van der Waals surface area contributed by atoms with E-state index >= 15 is 0 Å². The molecule has 0 bridgehead atoms. The zero-order valence-electron chi connectivity index (χ0n) is 5.57. The van der Waals surface area contributed by atoms with Gasteiger partial charge in [-0.2, -0.15) is 7.11 Å². The fourth-order valence-electron chi connectivity index (χ4n) is 0. The van der Waals surface area contributed by atoms with Crippen LogP contribution in [0, 0.1) is 0 Å². The smallest absolute Gasteiger partial charge is 0.857 e. The van der Waals surface area contributed by atoms with E-state index in [1.807, 2.05) is 0 Å². The Balaban J connectivity index is -0.0000000286. The Kier molecular flexibility index (Phi) is 35.2. The van der Waals surface area contributed by atoms with E-state index in [1.54, 1.807) is 0 Å².